The molecule has 0 fully saturated rings. The van der Waals surface area contributed by atoms with Crippen LogP contribution in [0.15, 0.2) is 84.9 Å². The maximum atomic E-state index is 11.5. The quantitative estimate of drug-likeness (QED) is 0.158. The fourth-order valence-corrected chi connectivity index (χ4v) is 4.54. The van der Waals surface area contributed by atoms with E-state index in [1.54, 1.807) is 0 Å². The number of ether oxygens (including phenoxy) is 2. The molecule has 6 heteroatoms. The standard InChI is InChI=1S/C30H27ClN2O3/c1-2-35-29(34)12-7-17-36-25-16-15-21-18-23(14-13-22(21)19-25)30-32-27-10-5-6-11-28(27)33(30)20-24-8-3-4-9-26(24)31/h3-6,8-11,13-16,18-19H,2,7,12,17,20H2,1H3. The molecule has 0 atom stereocenters. The van der Waals surface area contributed by atoms with Gasteiger partial charge in [-0.1, -0.05) is 60.1 Å². The molecule has 0 unspecified atom stereocenters. The minimum Gasteiger partial charge on any atom is -0.494 e. The van der Waals surface area contributed by atoms with Crippen LogP contribution in [0.2, 0.25) is 5.02 Å². The van der Waals surface area contributed by atoms with Crippen molar-refractivity contribution >= 4 is 39.4 Å². The maximum Gasteiger partial charge on any atom is 0.305 e. The Labute approximate surface area is 215 Å². The van der Waals surface area contributed by atoms with Gasteiger partial charge >= 0.3 is 5.97 Å². The molecule has 0 bridgehead atoms. The fourth-order valence-electron chi connectivity index (χ4n) is 4.35. The summed E-state index contributed by atoms with van der Waals surface area (Å²) < 4.78 is 13.0. The average molecular weight is 499 g/mol. The van der Waals surface area contributed by atoms with Crippen molar-refractivity contribution in [1.82, 2.24) is 9.55 Å². The summed E-state index contributed by atoms with van der Waals surface area (Å²) in [5.74, 6) is 1.50. The van der Waals surface area contributed by atoms with Crippen molar-refractivity contribution < 1.29 is 14.3 Å². The lowest BCUT2D eigenvalue weighted by molar-refractivity contribution is -0.143. The second-order valence-electron chi connectivity index (χ2n) is 8.58. The first-order valence-corrected chi connectivity index (χ1v) is 12.5. The number of hydrogen-bond donors (Lipinski definition) is 0. The highest BCUT2D eigenvalue weighted by atomic mass is 35.5. The Morgan fingerprint density at radius 3 is 2.58 bits per heavy atom. The predicted molar refractivity (Wildman–Crippen MR) is 145 cm³/mol. The van der Waals surface area contributed by atoms with Crippen LogP contribution < -0.4 is 4.74 Å². The SMILES string of the molecule is CCOC(=O)CCCOc1ccc2cc(-c3nc4ccccc4n3Cc3ccccc3Cl)ccc2c1. The number of nitrogens with zero attached hydrogens (tertiary/aromatic N) is 2. The lowest BCUT2D eigenvalue weighted by atomic mass is 10.1. The van der Waals surface area contributed by atoms with Gasteiger partial charge in [0.25, 0.3) is 0 Å². The molecular formula is C30H27ClN2O3. The van der Waals surface area contributed by atoms with Crippen molar-refractivity contribution in [2.24, 2.45) is 0 Å². The smallest absolute Gasteiger partial charge is 0.305 e. The van der Waals surface area contributed by atoms with E-state index in [1.165, 1.54) is 0 Å². The van der Waals surface area contributed by atoms with Crippen molar-refractivity contribution in [2.45, 2.75) is 26.3 Å². The lowest BCUT2D eigenvalue weighted by Crippen LogP contribution is -2.06. The summed E-state index contributed by atoms with van der Waals surface area (Å²) >= 11 is 6.49. The molecule has 0 aliphatic carbocycles. The first-order chi connectivity index (χ1) is 17.6. The van der Waals surface area contributed by atoms with Gasteiger partial charge in [0.15, 0.2) is 0 Å². The van der Waals surface area contributed by atoms with Crippen LogP contribution in [0, 0.1) is 0 Å². The van der Waals surface area contributed by atoms with E-state index in [4.69, 9.17) is 26.1 Å². The van der Waals surface area contributed by atoms with Crippen molar-refractivity contribution in [1.29, 1.82) is 0 Å². The van der Waals surface area contributed by atoms with Crippen LogP contribution in [0.4, 0.5) is 0 Å². The van der Waals surface area contributed by atoms with Crippen molar-refractivity contribution in [3.8, 4) is 17.1 Å². The highest BCUT2D eigenvalue weighted by molar-refractivity contribution is 6.31. The first-order valence-electron chi connectivity index (χ1n) is 12.1. The number of aromatic nitrogens is 2. The molecule has 0 spiro atoms. The van der Waals surface area contributed by atoms with Gasteiger partial charge in [-0.3, -0.25) is 4.79 Å². The second kappa shape index (κ2) is 10.8. The van der Waals surface area contributed by atoms with E-state index < -0.39 is 0 Å². The maximum absolute atomic E-state index is 11.5. The zero-order valence-electron chi connectivity index (χ0n) is 20.1. The summed E-state index contributed by atoms with van der Waals surface area (Å²) in [7, 11) is 0. The normalized spacial score (nSPS) is 11.2. The highest BCUT2D eigenvalue weighted by Gasteiger charge is 2.14. The molecule has 5 rings (SSSR count). The molecule has 0 radical (unpaired) electrons. The average Bonchev–Trinajstić information content (AvgIpc) is 3.26. The molecule has 0 N–H and O–H groups in total. The van der Waals surface area contributed by atoms with Crippen LogP contribution in [-0.2, 0) is 16.1 Å². The third-order valence-corrected chi connectivity index (χ3v) is 6.48. The van der Waals surface area contributed by atoms with Gasteiger partial charge < -0.3 is 14.0 Å². The van der Waals surface area contributed by atoms with E-state index >= 15 is 0 Å². The number of imidazole rings is 1. The number of esters is 1. The van der Waals surface area contributed by atoms with E-state index in [-0.39, 0.29) is 5.97 Å². The number of fused-ring (bicyclic) bond motifs is 2. The third-order valence-electron chi connectivity index (χ3n) is 6.11. The topological polar surface area (TPSA) is 53.4 Å². The minimum absolute atomic E-state index is 0.187. The largest absolute Gasteiger partial charge is 0.494 e. The van der Waals surface area contributed by atoms with E-state index in [0.717, 1.165) is 49.5 Å². The molecule has 0 amide bonds. The van der Waals surface area contributed by atoms with E-state index in [2.05, 4.69) is 41.0 Å². The molecule has 4 aromatic carbocycles. The number of para-hydroxylation sites is 2. The van der Waals surface area contributed by atoms with Crippen molar-refractivity contribution in [2.75, 3.05) is 13.2 Å². The molecule has 1 heterocycles. The molecule has 0 saturated heterocycles. The minimum atomic E-state index is -0.187. The monoisotopic (exact) mass is 498 g/mol. The van der Waals surface area contributed by atoms with Crippen molar-refractivity contribution in [3.63, 3.8) is 0 Å². The highest BCUT2D eigenvalue weighted by Crippen LogP contribution is 2.31. The Kier molecular flexibility index (Phi) is 7.19. The predicted octanol–water partition coefficient (Wildman–Crippen LogP) is 7.28. The van der Waals surface area contributed by atoms with Crippen LogP contribution in [0.3, 0.4) is 0 Å². The van der Waals surface area contributed by atoms with E-state index in [0.29, 0.717) is 32.6 Å². The van der Waals surface area contributed by atoms with Gasteiger partial charge in [0, 0.05) is 17.0 Å². The Morgan fingerprint density at radius 1 is 0.944 bits per heavy atom. The molecule has 1 aromatic heterocycles. The van der Waals surface area contributed by atoms with Gasteiger partial charge in [-0.15, -0.1) is 0 Å². The Balaban J connectivity index is 1.41. The first kappa shape index (κ1) is 23.9. The summed E-state index contributed by atoms with van der Waals surface area (Å²) in [5, 5.41) is 2.92. The van der Waals surface area contributed by atoms with Gasteiger partial charge in [0.05, 0.1) is 30.8 Å². The molecule has 5 nitrogen and oxygen atoms in total. The molecule has 0 aliphatic rings. The van der Waals surface area contributed by atoms with E-state index in [1.807, 2.05) is 55.5 Å². The van der Waals surface area contributed by atoms with Gasteiger partial charge in [-0.05, 0) is 66.1 Å². The van der Waals surface area contributed by atoms with Crippen LogP contribution >= 0.6 is 11.6 Å². The zero-order chi connectivity index (χ0) is 24.9. The molecule has 5 aromatic rings. The second-order valence-corrected chi connectivity index (χ2v) is 8.99. The zero-order valence-corrected chi connectivity index (χ0v) is 20.9. The molecule has 182 valence electrons. The van der Waals surface area contributed by atoms with Gasteiger partial charge in [0.2, 0.25) is 0 Å². The molecule has 0 aliphatic heterocycles. The number of benzene rings is 4. The van der Waals surface area contributed by atoms with Crippen LogP contribution in [0.1, 0.15) is 25.3 Å². The van der Waals surface area contributed by atoms with Crippen molar-refractivity contribution in [3.05, 3.63) is 95.5 Å². The lowest BCUT2D eigenvalue weighted by Gasteiger charge is -2.12. The number of hydrogen-bond acceptors (Lipinski definition) is 4. The van der Waals surface area contributed by atoms with E-state index in [9.17, 15) is 4.79 Å². The number of halogens is 1. The number of rotatable bonds is 9. The van der Waals surface area contributed by atoms with Crippen LogP contribution in [0.25, 0.3) is 33.2 Å². The molecule has 0 saturated carbocycles. The fraction of sp³-hybridized carbons (Fsp3) is 0.200. The summed E-state index contributed by atoms with van der Waals surface area (Å²) in [5.41, 5.74) is 4.10. The summed E-state index contributed by atoms with van der Waals surface area (Å²) in [6, 6.07) is 28.5. The van der Waals surface area contributed by atoms with Crippen LogP contribution in [0.5, 0.6) is 5.75 Å². The Morgan fingerprint density at radius 2 is 1.72 bits per heavy atom. The van der Waals surface area contributed by atoms with Crippen LogP contribution in [-0.4, -0.2) is 28.7 Å². The summed E-state index contributed by atoms with van der Waals surface area (Å²) in [6.45, 7) is 3.31. The van der Waals surface area contributed by atoms with Gasteiger partial charge in [0.1, 0.15) is 11.6 Å². The molecule has 36 heavy (non-hydrogen) atoms. The third kappa shape index (κ3) is 5.21. The Bertz CT molecular complexity index is 1530. The summed E-state index contributed by atoms with van der Waals surface area (Å²) in [4.78, 5) is 16.5. The number of carbonyl (C=O) groups is 1. The molecular weight excluding hydrogens is 472 g/mol. The van der Waals surface area contributed by atoms with Gasteiger partial charge in [-0.25, -0.2) is 4.98 Å². The Hall–Kier alpha value is -3.83. The summed E-state index contributed by atoms with van der Waals surface area (Å²) in [6.07, 6.45) is 0.984. The number of carbonyl (C=O) groups excluding carboxylic acids is 1. The van der Waals surface area contributed by atoms with Gasteiger partial charge in [-0.2, -0.15) is 0 Å².